The highest BCUT2D eigenvalue weighted by molar-refractivity contribution is 5.72. The summed E-state index contributed by atoms with van der Waals surface area (Å²) in [6.07, 6.45) is 0. The maximum Gasteiger partial charge on any atom is 0.127 e. The van der Waals surface area contributed by atoms with Crippen LogP contribution >= 0.6 is 0 Å². The molecule has 0 aliphatic carbocycles. The van der Waals surface area contributed by atoms with Gasteiger partial charge in [0.2, 0.25) is 0 Å². The van der Waals surface area contributed by atoms with E-state index in [9.17, 15) is 4.39 Å². The molecule has 1 N–H and O–H groups in total. The highest BCUT2D eigenvalue weighted by Gasteiger charge is 2.10. The number of methoxy groups -OCH3 is 2. The largest absolute Gasteiger partial charge is 0.497 e. The van der Waals surface area contributed by atoms with Crippen LogP contribution in [-0.2, 0) is 6.54 Å². The van der Waals surface area contributed by atoms with Crippen LogP contribution in [0.1, 0.15) is 12.5 Å². The molecule has 0 atom stereocenters. The van der Waals surface area contributed by atoms with Gasteiger partial charge in [0.1, 0.15) is 17.3 Å². The van der Waals surface area contributed by atoms with Crippen molar-refractivity contribution in [2.24, 2.45) is 0 Å². The lowest BCUT2D eigenvalue weighted by atomic mass is 10.0. The Hall–Kier alpha value is -2.07. The van der Waals surface area contributed by atoms with Crippen molar-refractivity contribution in [2.75, 3.05) is 20.8 Å². The first kappa shape index (κ1) is 15.3. The van der Waals surface area contributed by atoms with Crippen LogP contribution in [-0.4, -0.2) is 20.8 Å². The Morgan fingerprint density at radius 3 is 2.52 bits per heavy atom. The Morgan fingerprint density at radius 1 is 1.05 bits per heavy atom. The van der Waals surface area contributed by atoms with Crippen molar-refractivity contribution in [1.82, 2.24) is 5.32 Å². The van der Waals surface area contributed by atoms with Crippen molar-refractivity contribution in [2.45, 2.75) is 13.5 Å². The van der Waals surface area contributed by atoms with E-state index >= 15 is 0 Å². The highest BCUT2D eigenvalue weighted by atomic mass is 19.1. The molecular weight excluding hydrogens is 269 g/mol. The van der Waals surface area contributed by atoms with E-state index in [2.05, 4.69) is 5.32 Å². The van der Waals surface area contributed by atoms with Gasteiger partial charge in [-0.3, -0.25) is 0 Å². The van der Waals surface area contributed by atoms with Gasteiger partial charge in [0, 0.05) is 17.7 Å². The molecule has 0 fully saturated rings. The summed E-state index contributed by atoms with van der Waals surface area (Å²) in [5.74, 6) is 1.27. The summed E-state index contributed by atoms with van der Waals surface area (Å²) < 4.78 is 24.5. The van der Waals surface area contributed by atoms with Crippen molar-refractivity contribution in [3.05, 3.63) is 47.8 Å². The van der Waals surface area contributed by atoms with Crippen LogP contribution in [0, 0.1) is 5.82 Å². The van der Waals surface area contributed by atoms with Gasteiger partial charge in [-0.25, -0.2) is 4.39 Å². The lowest BCUT2D eigenvalue weighted by molar-refractivity contribution is 0.404. The molecule has 3 nitrogen and oxygen atoms in total. The number of hydrogen-bond acceptors (Lipinski definition) is 3. The molecule has 0 saturated carbocycles. The molecule has 0 bridgehead atoms. The lowest BCUT2D eigenvalue weighted by Crippen LogP contribution is -2.13. The Morgan fingerprint density at radius 2 is 1.86 bits per heavy atom. The normalized spacial score (nSPS) is 10.5. The first-order chi connectivity index (χ1) is 10.2. The monoisotopic (exact) mass is 289 g/mol. The second-order valence-electron chi connectivity index (χ2n) is 4.65. The second kappa shape index (κ2) is 7.09. The van der Waals surface area contributed by atoms with Crippen molar-refractivity contribution in [3.63, 3.8) is 0 Å². The molecule has 2 aromatic carbocycles. The molecule has 0 saturated heterocycles. The number of nitrogens with one attached hydrogen (secondary N) is 1. The van der Waals surface area contributed by atoms with Gasteiger partial charge >= 0.3 is 0 Å². The van der Waals surface area contributed by atoms with E-state index in [4.69, 9.17) is 9.47 Å². The molecule has 0 aliphatic heterocycles. The number of rotatable bonds is 6. The Balaban J connectivity index is 2.45. The number of halogens is 1. The first-order valence-electron chi connectivity index (χ1n) is 6.91. The molecule has 0 spiro atoms. The smallest absolute Gasteiger partial charge is 0.127 e. The van der Waals surface area contributed by atoms with E-state index in [0.29, 0.717) is 12.1 Å². The van der Waals surface area contributed by atoms with E-state index in [1.807, 2.05) is 31.2 Å². The maximum absolute atomic E-state index is 13.8. The number of hydrogen-bond donors (Lipinski definition) is 1. The zero-order valence-corrected chi connectivity index (χ0v) is 12.6. The molecule has 112 valence electrons. The second-order valence-corrected chi connectivity index (χ2v) is 4.65. The molecule has 0 radical (unpaired) electrons. The van der Waals surface area contributed by atoms with Crippen LogP contribution in [0.15, 0.2) is 36.4 Å². The van der Waals surface area contributed by atoms with E-state index < -0.39 is 0 Å². The molecule has 0 unspecified atom stereocenters. The molecule has 0 amide bonds. The summed E-state index contributed by atoms with van der Waals surface area (Å²) in [5, 5.41) is 3.14. The third kappa shape index (κ3) is 3.52. The minimum absolute atomic E-state index is 0.207. The number of ether oxygens (including phenoxy) is 2. The molecule has 0 heterocycles. The minimum atomic E-state index is -0.207. The lowest BCUT2D eigenvalue weighted by Gasteiger charge is -2.12. The van der Waals surface area contributed by atoms with E-state index in [1.54, 1.807) is 20.3 Å². The molecule has 21 heavy (non-hydrogen) atoms. The van der Waals surface area contributed by atoms with Gasteiger partial charge in [-0.05, 0) is 42.4 Å². The third-order valence-corrected chi connectivity index (χ3v) is 3.33. The van der Waals surface area contributed by atoms with Gasteiger partial charge in [-0.2, -0.15) is 0 Å². The topological polar surface area (TPSA) is 30.5 Å². The minimum Gasteiger partial charge on any atom is -0.497 e. The summed E-state index contributed by atoms with van der Waals surface area (Å²) in [6.45, 7) is 3.29. The predicted octanol–water partition coefficient (Wildman–Crippen LogP) is 3.62. The van der Waals surface area contributed by atoms with E-state index in [1.165, 1.54) is 6.07 Å². The van der Waals surface area contributed by atoms with Gasteiger partial charge < -0.3 is 14.8 Å². The molecule has 4 heteroatoms. The average molecular weight is 289 g/mol. The third-order valence-electron chi connectivity index (χ3n) is 3.33. The van der Waals surface area contributed by atoms with Crippen LogP contribution in [0.25, 0.3) is 11.1 Å². The van der Waals surface area contributed by atoms with Gasteiger partial charge in [0.15, 0.2) is 0 Å². The fourth-order valence-corrected chi connectivity index (χ4v) is 2.18. The molecule has 0 aliphatic rings. The van der Waals surface area contributed by atoms with Gasteiger partial charge in [0.25, 0.3) is 0 Å². The average Bonchev–Trinajstić information content (AvgIpc) is 2.53. The van der Waals surface area contributed by atoms with Crippen LogP contribution < -0.4 is 14.8 Å². The zero-order valence-electron chi connectivity index (χ0n) is 12.6. The van der Waals surface area contributed by atoms with Gasteiger partial charge in [0.05, 0.1) is 14.2 Å². The van der Waals surface area contributed by atoms with E-state index in [-0.39, 0.29) is 5.82 Å². The van der Waals surface area contributed by atoms with E-state index in [0.717, 1.165) is 29.2 Å². The van der Waals surface area contributed by atoms with Gasteiger partial charge in [-0.1, -0.05) is 13.0 Å². The van der Waals surface area contributed by atoms with Crippen molar-refractivity contribution in [3.8, 4) is 22.6 Å². The molecule has 2 rings (SSSR count). The van der Waals surface area contributed by atoms with Crippen molar-refractivity contribution in [1.29, 1.82) is 0 Å². The molecule has 2 aromatic rings. The Kier molecular flexibility index (Phi) is 5.17. The Labute approximate surface area is 124 Å². The van der Waals surface area contributed by atoms with Crippen LogP contribution in [0.3, 0.4) is 0 Å². The first-order valence-corrected chi connectivity index (χ1v) is 6.91. The maximum atomic E-state index is 13.8. The Bertz CT molecular complexity index is 614. The highest BCUT2D eigenvalue weighted by Crippen LogP contribution is 2.34. The SMILES string of the molecule is CCNCc1cc(-c2cc(OC)ccc2OC)ccc1F. The zero-order chi connectivity index (χ0) is 15.2. The fourth-order valence-electron chi connectivity index (χ4n) is 2.18. The molecule has 0 aromatic heterocycles. The van der Waals surface area contributed by atoms with Crippen molar-refractivity contribution >= 4 is 0 Å². The quantitative estimate of drug-likeness (QED) is 0.881. The summed E-state index contributed by atoms with van der Waals surface area (Å²) >= 11 is 0. The van der Waals surface area contributed by atoms with Gasteiger partial charge in [-0.15, -0.1) is 0 Å². The van der Waals surface area contributed by atoms with Crippen LogP contribution in [0.4, 0.5) is 4.39 Å². The summed E-state index contributed by atoms with van der Waals surface area (Å²) in [4.78, 5) is 0. The standard InChI is InChI=1S/C17H20FNO2/c1-4-19-11-13-9-12(5-7-16(13)18)15-10-14(20-2)6-8-17(15)21-3/h5-10,19H,4,11H2,1-3H3. The molecular formula is C17H20FNO2. The predicted molar refractivity (Wildman–Crippen MR) is 82.3 cm³/mol. The van der Waals surface area contributed by atoms with Crippen LogP contribution in [0.5, 0.6) is 11.5 Å². The number of benzene rings is 2. The fraction of sp³-hybridized carbons (Fsp3) is 0.294. The van der Waals surface area contributed by atoms with Crippen LogP contribution in [0.2, 0.25) is 0 Å². The summed E-state index contributed by atoms with van der Waals surface area (Å²) in [5.41, 5.74) is 2.42. The van der Waals surface area contributed by atoms with Crippen molar-refractivity contribution < 1.29 is 13.9 Å². The summed E-state index contributed by atoms with van der Waals surface area (Å²) in [7, 11) is 3.24. The summed E-state index contributed by atoms with van der Waals surface area (Å²) in [6, 6.07) is 10.7.